The molecule has 4 heteroatoms. The molecule has 2 rings (SSSR count). The van der Waals surface area contributed by atoms with Gasteiger partial charge in [-0.3, -0.25) is 0 Å². The zero-order valence-corrected chi connectivity index (χ0v) is 8.78. The van der Waals surface area contributed by atoms with E-state index in [1.54, 1.807) is 12.4 Å². The average molecular weight is 215 g/mol. The second-order valence-corrected chi connectivity index (χ2v) is 3.40. The molecule has 0 radical (unpaired) electrons. The maximum absolute atomic E-state index is 5.94. The van der Waals surface area contributed by atoms with Crippen molar-refractivity contribution in [3.05, 3.63) is 54.6 Å². The van der Waals surface area contributed by atoms with E-state index < -0.39 is 0 Å². The van der Waals surface area contributed by atoms with Crippen LogP contribution in [0.3, 0.4) is 0 Å². The maximum atomic E-state index is 5.94. The molecule has 2 N–H and O–H groups in total. The van der Waals surface area contributed by atoms with Crippen LogP contribution in [0.25, 0.3) is 0 Å². The summed E-state index contributed by atoms with van der Waals surface area (Å²) in [6.45, 7) is 0.414. The van der Waals surface area contributed by atoms with E-state index in [1.165, 1.54) is 6.33 Å². The van der Waals surface area contributed by atoms with Crippen molar-refractivity contribution in [2.24, 2.45) is 5.73 Å². The van der Waals surface area contributed by atoms with Crippen LogP contribution in [-0.2, 0) is 0 Å². The van der Waals surface area contributed by atoms with Gasteiger partial charge in [0.1, 0.15) is 18.7 Å². The van der Waals surface area contributed by atoms with Crippen molar-refractivity contribution in [2.75, 3.05) is 6.61 Å². The highest BCUT2D eigenvalue weighted by Crippen LogP contribution is 2.12. The first kappa shape index (κ1) is 10.6. The second kappa shape index (κ2) is 5.23. The highest BCUT2D eigenvalue weighted by molar-refractivity contribution is 5.21. The number of aromatic nitrogens is 2. The van der Waals surface area contributed by atoms with Gasteiger partial charge in [-0.2, -0.15) is 0 Å². The minimum atomic E-state index is -0.207. The van der Waals surface area contributed by atoms with Crippen LogP contribution in [0.15, 0.2) is 49.1 Å². The quantitative estimate of drug-likeness (QED) is 0.840. The minimum absolute atomic E-state index is 0.207. The van der Waals surface area contributed by atoms with E-state index >= 15 is 0 Å². The molecule has 82 valence electrons. The summed E-state index contributed by atoms with van der Waals surface area (Å²) in [5.74, 6) is 0.815. The van der Waals surface area contributed by atoms with Crippen LogP contribution in [0.5, 0.6) is 5.75 Å². The van der Waals surface area contributed by atoms with Gasteiger partial charge in [0.2, 0.25) is 0 Å². The Labute approximate surface area is 94.1 Å². The number of hydrogen-bond acceptors (Lipinski definition) is 4. The van der Waals surface area contributed by atoms with E-state index in [0.717, 1.165) is 11.3 Å². The van der Waals surface area contributed by atoms with Gasteiger partial charge >= 0.3 is 0 Å². The molecule has 1 unspecified atom stereocenters. The molecule has 1 aromatic heterocycles. The van der Waals surface area contributed by atoms with E-state index in [0.29, 0.717) is 6.61 Å². The Hall–Kier alpha value is -1.94. The number of benzene rings is 1. The molecule has 0 fully saturated rings. The summed E-state index contributed by atoms with van der Waals surface area (Å²) >= 11 is 0. The zero-order chi connectivity index (χ0) is 11.2. The maximum Gasteiger partial charge on any atom is 0.119 e. The molecule has 0 spiro atoms. The fraction of sp³-hybridized carbons (Fsp3) is 0.167. The van der Waals surface area contributed by atoms with E-state index in [2.05, 4.69) is 9.97 Å². The third-order valence-electron chi connectivity index (χ3n) is 2.18. The molecule has 0 saturated heterocycles. The van der Waals surface area contributed by atoms with Crippen LogP contribution in [0, 0.1) is 0 Å². The standard InChI is InChI=1S/C12H13N3O/c13-12(10-6-14-9-15-7-10)8-16-11-4-2-1-3-5-11/h1-7,9,12H,8,13H2. The monoisotopic (exact) mass is 215 g/mol. The van der Waals surface area contributed by atoms with Gasteiger partial charge in [0.05, 0.1) is 6.04 Å². The van der Waals surface area contributed by atoms with Crippen LogP contribution >= 0.6 is 0 Å². The van der Waals surface area contributed by atoms with Gasteiger partial charge in [0.25, 0.3) is 0 Å². The number of nitrogens with two attached hydrogens (primary N) is 1. The van der Waals surface area contributed by atoms with Crippen LogP contribution in [0.4, 0.5) is 0 Å². The van der Waals surface area contributed by atoms with Crippen molar-refractivity contribution in [3.63, 3.8) is 0 Å². The summed E-state index contributed by atoms with van der Waals surface area (Å²) in [6.07, 6.45) is 4.88. The number of rotatable bonds is 4. The first-order valence-corrected chi connectivity index (χ1v) is 5.04. The molecule has 0 aliphatic carbocycles. The van der Waals surface area contributed by atoms with Gasteiger partial charge in [0, 0.05) is 18.0 Å². The van der Waals surface area contributed by atoms with Crippen LogP contribution < -0.4 is 10.5 Å². The predicted octanol–water partition coefficient (Wildman–Crippen LogP) is 1.56. The van der Waals surface area contributed by atoms with E-state index in [1.807, 2.05) is 30.3 Å². The first-order valence-electron chi connectivity index (χ1n) is 5.04. The highest BCUT2D eigenvalue weighted by Gasteiger charge is 2.06. The Kier molecular flexibility index (Phi) is 3.46. The Morgan fingerprint density at radius 1 is 1.12 bits per heavy atom. The normalized spacial score (nSPS) is 12.1. The lowest BCUT2D eigenvalue weighted by atomic mass is 10.2. The number of hydrogen-bond donors (Lipinski definition) is 1. The first-order chi connectivity index (χ1) is 7.86. The lowest BCUT2D eigenvalue weighted by molar-refractivity contribution is 0.290. The lowest BCUT2D eigenvalue weighted by Gasteiger charge is -2.12. The van der Waals surface area contributed by atoms with E-state index in [4.69, 9.17) is 10.5 Å². The number of para-hydroxylation sites is 1. The molecule has 1 heterocycles. The van der Waals surface area contributed by atoms with Gasteiger partial charge in [-0.1, -0.05) is 18.2 Å². The molecule has 0 bridgehead atoms. The van der Waals surface area contributed by atoms with Gasteiger partial charge < -0.3 is 10.5 Å². The van der Waals surface area contributed by atoms with Gasteiger partial charge in [-0.05, 0) is 12.1 Å². The van der Waals surface area contributed by atoms with Gasteiger partial charge in [0.15, 0.2) is 0 Å². The molecular weight excluding hydrogens is 202 g/mol. The van der Waals surface area contributed by atoms with E-state index in [-0.39, 0.29) is 6.04 Å². The Balaban J connectivity index is 1.92. The van der Waals surface area contributed by atoms with Crippen LogP contribution in [0.1, 0.15) is 11.6 Å². The van der Waals surface area contributed by atoms with Crippen molar-refractivity contribution in [1.29, 1.82) is 0 Å². The molecule has 0 aliphatic rings. The zero-order valence-electron chi connectivity index (χ0n) is 8.78. The molecule has 16 heavy (non-hydrogen) atoms. The summed E-state index contributed by atoms with van der Waals surface area (Å²) in [5, 5.41) is 0. The Morgan fingerprint density at radius 2 is 1.81 bits per heavy atom. The average Bonchev–Trinajstić information content (AvgIpc) is 2.38. The molecule has 2 aromatic rings. The predicted molar refractivity (Wildman–Crippen MR) is 60.9 cm³/mol. The summed E-state index contributed by atoms with van der Waals surface area (Å²) < 4.78 is 5.54. The van der Waals surface area contributed by atoms with Crippen molar-refractivity contribution >= 4 is 0 Å². The van der Waals surface area contributed by atoms with Gasteiger partial charge in [-0.25, -0.2) is 9.97 Å². The summed E-state index contributed by atoms with van der Waals surface area (Å²) in [6, 6.07) is 9.38. The molecule has 1 aromatic carbocycles. The molecule has 0 aliphatic heterocycles. The molecular formula is C12H13N3O. The molecule has 0 saturated carbocycles. The highest BCUT2D eigenvalue weighted by atomic mass is 16.5. The third kappa shape index (κ3) is 2.77. The largest absolute Gasteiger partial charge is 0.492 e. The molecule has 4 nitrogen and oxygen atoms in total. The molecule has 1 atom stereocenters. The fourth-order valence-corrected chi connectivity index (χ4v) is 1.30. The Bertz CT molecular complexity index is 419. The number of ether oxygens (including phenoxy) is 1. The lowest BCUT2D eigenvalue weighted by Crippen LogP contribution is -2.19. The van der Waals surface area contributed by atoms with Crippen molar-refractivity contribution in [2.45, 2.75) is 6.04 Å². The summed E-state index contributed by atoms with van der Waals surface area (Å²) in [5.41, 5.74) is 6.81. The summed E-state index contributed by atoms with van der Waals surface area (Å²) in [4.78, 5) is 7.83. The topological polar surface area (TPSA) is 61.0 Å². The molecule has 0 amide bonds. The van der Waals surface area contributed by atoms with Crippen LogP contribution in [0.2, 0.25) is 0 Å². The fourth-order valence-electron chi connectivity index (χ4n) is 1.30. The van der Waals surface area contributed by atoms with Crippen molar-refractivity contribution in [1.82, 2.24) is 9.97 Å². The second-order valence-electron chi connectivity index (χ2n) is 3.40. The third-order valence-corrected chi connectivity index (χ3v) is 2.18. The SMILES string of the molecule is NC(COc1ccccc1)c1cncnc1. The van der Waals surface area contributed by atoms with Crippen molar-refractivity contribution in [3.8, 4) is 5.75 Å². The smallest absolute Gasteiger partial charge is 0.119 e. The van der Waals surface area contributed by atoms with E-state index in [9.17, 15) is 0 Å². The van der Waals surface area contributed by atoms with Crippen LogP contribution in [-0.4, -0.2) is 16.6 Å². The van der Waals surface area contributed by atoms with Gasteiger partial charge in [-0.15, -0.1) is 0 Å². The summed E-state index contributed by atoms with van der Waals surface area (Å²) in [7, 11) is 0. The minimum Gasteiger partial charge on any atom is -0.492 e. The Morgan fingerprint density at radius 3 is 2.50 bits per heavy atom. The number of nitrogens with zero attached hydrogens (tertiary/aromatic N) is 2. The van der Waals surface area contributed by atoms with Crippen molar-refractivity contribution < 1.29 is 4.74 Å².